The molecule has 3 aliphatic rings. The summed E-state index contributed by atoms with van der Waals surface area (Å²) in [6, 6.07) is 0. The average Bonchev–Trinajstić information content (AvgIpc) is 2.89. The first kappa shape index (κ1) is 11.2. The molecular weight excluding hydrogens is 220 g/mol. The Morgan fingerprint density at radius 2 is 2.24 bits per heavy atom. The Labute approximate surface area is 101 Å². The first-order valence-corrected chi connectivity index (χ1v) is 6.26. The minimum absolute atomic E-state index is 0.0247. The second-order valence-electron chi connectivity index (χ2n) is 5.65. The summed E-state index contributed by atoms with van der Waals surface area (Å²) in [5.41, 5.74) is -0.330. The van der Waals surface area contributed by atoms with E-state index < -0.39 is 0 Å². The van der Waals surface area contributed by atoms with Crippen LogP contribution in [0.25, 0.3) is 0 Å². The number of rotatable bonds is 4. The fraction of sp³-hybridized carbons (Fsp3) is 0.769. The van der Waals surface area contributed by atoms with E-state index in [9.17, 15) is 9.90 Å². The van der Waals surface area contributed by atoms with Gasteiger partial charge in [-0.2, -0.15) is 0 Å². The summed E-state index contributed by atoms with van der Waals surface area (Å²) in [4.78, 5) is 12.0. The molecule has 0 amide bonds. The number of aliphatic hydroxyl groups is 1. The maximum atomic E-state index is 12.0. The summed E-state index contributed by atoms with van der Waals surface area (Å²) in [6.07, 6.45) is 6.40. The molecule has 1 saturated carbocycles. The smallest absolute Gasteiger partial charge is 0.309 e. The minimum Gasteiger partial charge on any atom is -0.465 e. The van der Waals surface area contributed by atoms with Gasteiger partial charge in [-0.05, 0) is 24.7 Å². The predicted octanol–water partition coefficient (Wildman–Crippen LogP) is 0.751. The molecule has 17 heavy (non-hydrogen) atoms. The SMILES string of the molecule is O=C(OCC1(CO)COC1)C1CC2C=CC1C2. The minimum atomic E-state index is -0.330. The molecule has 4 nitrogen and oxygen atoms in total. The highest BCUT2D eigenvalue weighted by Gasteiger charge is 2.43. The molecule has 2 aliphatic carbocycles. The van der Waals surface area contributed by atoms with Crippen LogP contribution in [0.2, 0.25) is 0 Å². The van der Waals surface area contributed by atoms with Crippen LogP contribution in [0.15, 0.2) is 12.2 Å². The second kappa shape index (κ2) is 4.10. The lowest BCUT2D eigenvalue weighted by molar-refractivity contribution is -0.183. The lowest BCUT2D eigenvalue weighted by Crippen LogP contribution is -2.49. The molecule has 0 radical (unpaired) electrons. The zero-order valence-electron chi connectivity index (χ0n) is 9.80. The standard InChI is InChI=1S/C13H18O4/c14-5-13(6-16-7-13)8-17-12(15)11-4-9-1-2-10(11)3-9/h1-2,9-11,14H,3-8H2. The third kappa shape index (κ3) is 1.89. The number of fused-ring (bicyclic) bond motifs is 2. The Morgan fingerprint density at radius 3 is 2.71 bits per heavy atom. The van der Waals surface area contributed by atoms with Crippen molar-refractivity contribution in [3.05, 3.63) is 12.2 Å². The van der Waals surface area contributed by atoms with E-state index in [-0.39, 0.29) is 23.9 Å². The van der Waals surface area contributed by atoms with Gasteiger partial charge in [-0.3, -0.25) is 4.79 Å². The number of ether oxygens (including phenoxy) is 2. The molecule has 0 aromatic rings. The molecule has 2 fully saturated rings. The van der Waals surface area contributed by atoms with Gasteiger partial charge in [0.05, 0.1) is 31.2 Å². The van der Waals surface area contributed by atoms with Gasteiger partial charge in [-0.1, -0.05) is 12.2 Å². The molecule has 0 spiro atoms. The van der Waals surface area contributed by atoms with Crippen molar-refractivity contribution >= 4 is 5.97 Å². The average molecular weight is 238 g/mol. The van der Waals surface area contributed by atoms with Crippen molar-refractivity contribution in [1.82, 2.24) is 0 Å². The van der Waals surface area contributed by atoms with E-state index in [2.05, 4.69) is 12.2 Å². The number of carbonyl (C=O) groups is 1. The zero-order chi connectivity index (χ0) is 11.9. The fourth-order valence-corrected chi connectivity index (χ4v) is 2.99. The van der Waals surface area contributed by atoms with Crippen molar-refractivity contribution < 1.29 is 19.4 Å². The Bertz CT molecular complexity index is 340. The number of carbonyl (C=O) groups excluding carboxylic acids is 1. The van der Waals surface area contributed by atoms with Crippen LogP contribution >= 0.6 is 0 Å². The molecule has 1 saturated heterocycles. The first-order chi connectivity index (χ1) is 8.22. The molecule has 0 aromatic carbocycles. The van der Waals surface area contributed by atoms with Gasteiger partial charge < -0.3 is 14.6 Å². The van der Waals surface area contributed by atoms with Gasteiger partial charge >= 0.3 is 5.97 Å². The van der Waals surface area contributed by atoms with Gasteiger partial charge in [0, 0.05) is 0 Å². The Hall–Kier alpha value is -0.870. The molecule has 3 atom stereocenters. The van der Waals surface area contributed by atoms with Crippen molar-refractivity contribution in [3.63, 3.8) is 0 Å². The number of hydrogen-bond acceptors (Lipinski definition) is 4. The Balaban J connectivity index is 1.52. The Morgan fingerprint density at radius 1 is 1.41 bits per heavy atom. The van der Waals surface area contributed by atoms with E-state index >= 15 is 0 Å². The lowest BCUT2D eigenvalue weighted by atomic mass is 9.88. The van der Waals surface area contributed by atoms with Crippen LogP contribution in [0.3, 0.4) is 0 Å². The molecule has 1 aliphatic heterocycles. The summed E-state index contributed by atoms with van der Waals surface area (Å²) in [5.74, 6) is 0.912. The zero-order valence-corrected chi connectivity index (χ0v) is 9.80. The number of hydrogen-bond donors (Lipinski definition) is 1. The highest BCUT2D eigenvalue weighted by Crippen LogP contribution is 2.44. The number of allylic oxidation sites excluding steroid dienone is 2. The van der Waals surface area contributed by atoms with Crippen LogP contribution in [0.4, 0.5) is 0 Å². The topological polar surface area (TPSA) is 55.8 Å². The van der Waals surface area contributed by atoms with Crippen LogP contribution in [-0.2, 0) is 14.3 Å². The van der Waals surface area contributed by atoms with Gasteiger partial charge in [0.15, 0.2) is 0 Å². The van der Waals surface area contributed by atoms with E-state index in [4.69, 9.17) is 9.47 Å². The van der Waals surface area contributed by atoms with E-state index in [0.717, 1.165) is 12.8 Å². The number of esters is 1. The molecule has 94 valence electrons. The van der Waals surface area contributed by atoms with Crippen molar-refractivity contribution in [2.45, 2.75) is 12.8 Å². The highest BCUT2D eigenvalue weighted by atomic mass is 16.5. The summed E-state index contributed by atoms with van der Waals surface area (Å²) < 4.78 is 10.4. The van der Waals surface area contributed by atoms with Gasteiger partial charge in [-0.15, -0.1) is 0 Å². The lowest BCUT2D eigenvalue weighted by Gasteiger charge is -2.39. The van der Waals surface area contributed by atoms with Crippen molar-refractivity contribution in [1.29, 1.82) is 0 Å². The normalized spacial score (nSPS) is 36.9. The molecule has 1 heterocycles. The van der Waals surface area contributed by atoms with E-state index in [0.29, 0.717) is 31.7 Å². The van der Waals surface area contributed by atoms with E-state index in [1.165, 1.54) is 0 Å². The van der Waals surface area contributed by atoms with E-state index in [1.54, 1.807) is 0 Å². The third-order valence-corrected chi connectivity index (χ3v) is 4.25. The molecule has 3 unspecified atom stereocenters. The maximum Gasteiger partial charge on any atom is 0.309 e. The quantitative estimate of drug-likeness (QED) is 0.580. The van der Waals surface area contributed by atoms with Crippen LogP contribution < -0.4 is 0 Å². The monoisotopic (exact) mass is 238 g/mol. The fourth-order valence-electron chi connectivity index (χ4n) is 2.99. The molecule has 2 bridgehead atoms. The van der Waals surface area contributed by atoms with Crippen LogP contribution in [0.5, 0.6) is 0 Å². The molecular formula is C13H18O4. The third-order valence-electron chi connectivity index (χ3n) is 4.25. The predicted molar refractivity (Wildman–Crippen MR) is 60.1 cm³/mol. The molecule has 1 N–H and O–H groups in total. The van der Waals surface area contributed by atoms with Crippen LogP contribution in [0.1, 0.15) is 12.8 Å². The molecule has 3 rings (SSSR count). The van der Waals surface area contributed by atoms with Gasteiger partial charge in [0.2, 0.25) is 0 Å². The summed E-state index contributed by atoms with van der Waals surface area (Å²) in [6.45, 7) is 1.30. The molecule has 4 heteroatoms. The van der Waals surface area contributed by atoms with Crippen molar-refractivity contribution in [2.75, 3.05) is 26.4 Å². The first-order valence-electron chi connectivity index (χ1n) is 6.26. The van der Waals surface area contributed by atoms with Crippen LogP contribution in [-0.4, -0.2) is 37.5 Å². The van der Waals surface area contributed by atoms with Gasteiger partial charge in [-0.25, -0.2) is 0 Å². The van der Waals surface area contributed by atoms with E-state index in [1.807, 2.05) is 0 Å². The second-order valence-corrected chi connectivity index (χ2v) is 5.65. The largest absolute Gasteiger partial charge is 0.465 e. The van der Waals surface area contributed by atoms with Crippen molar-refractivity contribution in [3.8, 4) is 0 Å². The van der Waals surface area contributed by atoms with Gasteiger partial charge in [0.25, 0.3) is 0 Å². The Kier molecular flexibility index (Phi) is 2.71. The van der Waals surface area contributed by atoms with Gasteiger partial charge in [0.1, 0.15) is 6.61 Å². The molecule has 0 aromatic heterocycles. The highest BCUT2D eigenvalue weighted by molar-refractivity contribution is 5.74. The summed E-state index contributed by atoms with van der Waals surface area (Å²) in [5, 5.41) is 9.24. The van der Waals surface area contributed by atoms with Crippen LogP contribution in [0, 0.1) is 23.2 Å². The maximum absolute atomic E-state index is 12.0. The van der Waals surface area contributed by atoms with Crippen molar-refractivity contribution in [2.24, 2.45) is 23.2 Å². The number of aliphatic hydroxyl groups excluding tert-OH is 1. The summed E-state index contributed by atoms with van der Waals surface area (Å²) >= 11 is 0. The summed E-state index contributed by atoms with van der Waals surface area (Å²) in [7, 11) is 0.